The molecule has 2 N–H and O–H groups in total. The highest BCUT2D eigenvalue weighted by Gasteiger charge is 2.39. The fraction of sp³-hybridized carbons (Fsp3) is 0.353. The van der Waals surface area contributed by atoms with Crippen molar-refractivity contribution in [3.8, 4) is 16.9 Å². The number of carbonyl (C=O) groups is 1. The predicted octanol–water partition coefficient (Wildman–Crippen LogP) is 6.39. The molecule has 47 heavy (non-hydrogen) atoms. The topological polar surface area (TPSA) is 103 Å². The van der Waals surface area contributed by atoms with Crippen molar-refractivity contribution in [1.82, 2.24) is 14.5 Å². The van der Waals surface area contributed by atoms with Gasteiger partial charge in [0.25, 0.3) is 0 Å². The van der Waals surface area contributed by atoms with Gasteiger partial charge in [0.15, 0.2) is 17.5 Å². The van der Waals surface area contributed by atoms with E-state index in [-0.39, 0.29) is 76.7 Å². The summed E-state index contributed by atoms with van der Waals surface area (Å²) in [6, 6.07) is 0.957. The molecule has 13 heteroatoms. The summed E-state index contributed by atoms with van der Waals surface area (Å²) < 4.78 is 48.5. The molecule has 0 saturated carbocycles. The third kappa shape index (κ3) is 5.48. The minimum Gasteiger partial charge on any atom is -0.507 e. The summed E-state index contributed by atoms with van der Waals surface area (Å²) in [6.07, 6.45) is 3.19. The lowest BCUT2D eigenvalue weighted by Gasteiger charge is -2.47. The van der Waals surface area contributed by atoms with Crippen LogP contribution < -0.4 is 15.9 Å². The maximum atomic E-state index is 17.4. The van der Waals surface area contributed by atoms with Gasteiger partial charge >= 0.3 is 5.69 Å². The zero-order valence-corrected chi connectivity index (χ0v) is 27.6. The molecule has 3 heterocycles. The van der Waals surface area contributed by atoms with Crippen LogP contribution in [0.2, 0.25) is 5.02 Å². The van der Waals surface area contributed by atoms with Crippen LogP contribution in [0, 0.1) is 23.4 Å². The van der Waals surface area contributed by atoms with Crippen LogP contribution in [-0.4, -0.2) is 69.9 Å². The molecule has 2 unspecified atom stereocenters. The van der Waals surface area contributed by atoms with Gasteiger partial charge in [-0.25, -0.2) is 18.0 Å². The Morgan fingerprint density at radius 3 is 2.49 bits per heavy atom. The molecule has 1 aromatic heterocycles. The van der Waals surface area contributed by atoms with E-state index < -0.39 is 40.0 Å². The van der Waals surface area contributed by atoms with Crippen molar-refractivity contribution in [3.63, 3.8) is 0 Å². The number of allylic oxidation sites excluding steroid dienone is 3. The highest BCUT2D eigenvalue weighted by Crippen LogP contribution is 2.49. The molecule has 5 rings (SSSR count). The lowest BCUT2D eigenvalue weighted by atomic mass is 9.95. The highest BCUT2D eigenvalue weighted by molar-refractivity contribution is 6.38. The summed E-state index contributed by atoms with van der Waals surface area (Å²) in [5.41, 5.74) is -1.42. The average molecular weight is 669 g/mol. The van der Waals surface area contributed by atoms with Crippen LogP contribution in [0.1, 0.15) is 34.1 Å². The normalized spacial score (nSPS) is 18.7. The first-order chi connectivity index (χ1) is 22.3. The number of fused-ring (bicyclic) bond motifs is 2. The van der Waals surface area contributed by atoms with E-state index in [2.05, 4.69) is 28.5 Å². The quantitative estimate of drug-likeness (QED) is 0.179. The number of phenols is 1. The van der Waals surface area contributed by atoms with Crippen molar-refractivity contribution < 1.29 is 23.1 Å². The first kappa shape index (κ1) is 33.8. The molecule has 2 aliphatic rings. The van der Waals surface area contributed by atoms with E-state index in [9.17, 15) is 19.1 Å². The Balaban J connectivity index is 2.00. The number of halogens is 4. The Labute approximate surface area is 275 Å². The van der Waals surface area contributed by atoms with Gasteiger partial charge in [-0.2, -0.15) is 4.98 Å². The lowest BCUT2D eigenvalue weighted by Crippen LogP contribution is -2.60. The standard InChI is InChI=1S/C34H36ClF3N6O3/c1-8-17(5)31(29(39-7)16(3)4)44-32-25-30(26(35)24(28(32)38)23-21(45)11-10-20(36)27(23)37)40-13-12-19-15-42(22(46)9-2)18(6)14-43(19)33(25)41-34(44)47/h8-11,16,18-19,40,45H,1-2,12-15H2,3-7H3/b31-17+,39-29-. The van der Waals surface area contributed by atoms with Crippen LogP contribution in [0.5, 0.6) is 5.75 Å². The number of benzene rings is 2. The second-order valence-electron chi connectivity index (χ2n) is 12.0. The van der Waals surface area contributed by atoms with Gasteiger partial charge in [0.1, 0.15) is 17.1 Å². The molecule has 2 aromatic carbocycles. The number of carbonyl (C=O) groups excluding carboxylic acids is 1. The van der Waals surface area contributed by atoms with Gasteiger partial charge in [0, 0.05) is 44.3 Å². The minimum atomic E-state index is -1.51. The average Bonchev–Trinajstić information content (AvgIpc) is 3.03. The van der Waals surface area contributed by atoms with E-state index in [0.717, 1.165) is 16.7 Å². The van der Waals surface area contributed by atoms with Crippen molar-refractivity contribution >= 4 is 51.3 Å². The fourth-order valence-corrected chi connectivity index (χ4v) is 6.87. The second-order valence-corrected chi connectivity index (χ2v) is 12.4. The van der Waals surface area contributed by atoms with Crippen LogP contribution in [-0.2, 0) is 4.79 Å². The third-order valence-electron chi connectivity index (χ3n) is 8.80. The molecular weight excluding hydrogens is 633 g/mol. The zero-order chi connectivity index (χ0) is 34.5. The highest BCUT2D eigenvalue weighted by atomic mass is 35.5. The molecule has 0 spiro atoms. The number of hydrogen-bond acceptors (Lipinski definition) is 7. The van der Waals surface area contributed by atoms with Crippen LogP contribution in [0.4, 0.5) is 24.7 Å². The summed E-state index contributed by atoms with van der Waals surface area (Å²) >= 11 is 6.89. The molecule has 1 fully saturated rings. The van der Waals surface area contributed by atoms with Gasteiger partial charge in [0.2, 0.25) is 5.91 Å². The largest absolute Gasteiger partial charge is 0.507 e. The maximum Gasteiger partial charge on any atom is 0.354 e. The molecular formula is C34H36ClF3N6O3. The summed E-state index contributed by atoms with van der Waals surface area (Å²) in [6.45, 7) is 15.5. The number of rotatable bonds is 6. The lowest BCUT2D eigenvalue weighted by molar-refractivity contribution is -0.128. The van der Waals surface area contributed by atoms with E-state index >= 15 is 8.78 Å². The number of piperazine rings is 1. The first-order valence-corrected chi connectivity index (χ1v) is 15.6. The second kappa shape index (κ2) is 12.9. The van der Waals surface area contributed by atoms with E-state index in [4.69, 9.17) is 11.6 Å². The van der Waals surface area contributed by atoms with Gasteiger partial charge in [0.05, 0.1) is 33.1 Å². The number of aromatic hydroxyl groups is 1. The Kier molecular flexibility index (Phi) is 9.27. The Morgan fingerprint density at radius 1 is 1.17 bits per heavy atom. The van der Waals surface area contributed by atoms with Crippen molar-refractivity contribution in [3.05, 3.63) is 76.0 Å². The summed E-state index contributed by atoms with van der Waals surface area (Å²) in [5, 5.41) is 13.7. The number of phenolic OH excluding ortho intramolecular Hbond substituents is 1. The van der Waals surface area contributed by atoms with Gasteiger partial charge in [-0.3, -0.25) is 14.4 Å². The predicted molar refractivity (Wildman–Crippen MR) is 181 cm³/mol. The Hall–Kier alpha value is -4.58. The fourth-order valence-electron chi connectivity index (χ4n) is 6.54. The molecule has 1 amide bonds. The molecule has 2 atom stereocenters. The van der Waals surface area contributed by atoms with Crippen LogP contribution in [0.25, 0.3) is 27.7 Å². The van der Waals surface area contributed by atoms with Gasteiger partial charge in [-0.15, -0.1) is 0 Å². The minimum absolute atomic E-state index is 0.109. The summed E-state index contributed by atoms with van der Waals surface area (Å²) in [5.74, 6) is -5.16. The van der Waals surface area contributed by atoms with Gasteiger partial charge < -0.3 is 20.2 Å². The van der Waals surface area contributed by atoms with Crippen molar-refractivity contribution in [2.24, 2.45) is 10.9 Å². The first-order valence-electron chi connectivity index (χ1n) is 15.2. The number of aromatic nitrogens is 2. The van der Waals surface area contributed by atoms with Crippen LogP contribution >= 0.6 is 11.6 Å². The van der Waals surface area contributed by atoms with E-state index in [1.54, 1.807) is 18.9 Å². The monoisotopic (exact) mass is 668 g/mol. The number of anilines is 2. The Morgan fingerprint density at radius 2 is 1.87 bits per heavy atom. The number of nitrogens with zero attached hydrogens (tertiary/aromatic N) is 5. The van der Waals surface area contributed by atoms with E-state index in [1.165, 1.54) is 12.2 Å². The van der Waals surface area contributed by atoms with Gasteiger partial charge in [-0.1, -0.05) is 44.7 Å². The van der Waals surface area contributed by atoms with Crippen molar-refractivity contribution in [2.45, 2.75) is 46.2 Å². The molecule has 0 aliphatic carbocycles. The molecule has 3 aromatic rings. The molecule has 0 radical (unpaired) electrons. The summed E-state index contributed by atoms with van der Waals surface area (Å²) in [7, 11) is 1.54. The number of nitrogens with one attached hydrogen (secondary N) is 1. The van der Waals surface area contributed by atoms with E-state index in [1.807, 2.05) is 25.7 Å². The van der Waals surface area contributed by atoms with Gasteiger partial charge in [-0.05, 0) is 50.0 Å². The Bertz CT molecular complexity index is 1950. The molecule has 2 aliphatic heterocycles. The van der Waals surface area contributed by atoms with Crippen LogP contribution in [0.15, 0.2) is 52.8 Å². The molecule has 9 nitrogen and oxygen atoms in total. The molecule has 1 saturated heterocycles. The smallest absolute Gasteiger partial charge is 0.354 e. The molecule has 248 valence electrons. The van der Waals surface area contributed by atoms with E-state index in [0.29, 0.717) is 17.7 Å². The molecule has 0 bridgehead atoms. The summed E-state index contributed by atoms with van der Waals surface area (Å²) in [4.78, 5) is 39.5. The van der Waals surface area contributed by atoms with Crippen LogP contribution in [0.3, 0.4) is 0 Å². The number of amides is 1. The maximum absolute atomic E-state index is 17.4. The number of hydrogen-bond donors (Lipinski definition) is 2. The number of aliphatic imine (C=N–C) groups is 1. The van der Waals surface area contributed by atoms with Crippen molar-refractivity contribution in [2.75, 3.05) is 36.9 Å². The third-order valence-corrected chi connectivity index (χ3v) is 9.18. The van der Waals surface area contributed by atoms with Crippen molar-refractivity contribution in [1.29, 1.82) is 0 Å². The zero-order valence-electron chi connectivity index (χ0n) is 26.8. The SMILES string of the molecule is C=CC(=O)N1CC2CCNc3c(Cl)c(-c4c(O)ccc(F)c4F)c(F)c4c3c(nc(=O)n4C(/C(=N\C)C(C)C)=C(\C)C=C)N2CC1C.